The van der Waals surface area contributed by atoms with Gasteiger partial charge in [-0.3, -0.25) is 4.79 Å². The van der Waals surface area contributed by atoms with Gasteiger partial charge in [0.05, 0.1) is 25.9 Å². The minimum atomic E-state index is -0.577. The molecule has 0 spiro atoms. The van der Waals surface area contributed by atoms with Crippen molar-refractivity contribution in [1.82, 2.24) is 5.32 Å². The van der Waals surface area contributed by atoms with Gasteiger partial charge in [0, 0.05) is 32.6 Å². The maximum absolute atomic E-state index is 12.4. The van der Waals surface area contributed by atoms with Crippen LogP contribution in [0.5, 0.6) is 0 Å². The highest BCUT2D eigenvalue weighted by Crippen LogP contribution is 2.31. The highest BCUT2D eigenvalue weighted by molar-refractivity contribution is 5.91. The number of carbonyl (C=O) groups is 2. The number of aliphatic hydroxyl groups is 1. The number of aliphatic hydroxyl groups excluding tert-OH is 1. The molecule has 160 valence electrons. The van der Waals surface area contributed by atoms with Gasteiger partial charge in [-0.05, 0) is 36.6 Å². The number of hydrogen-bond donors (Lipinski definition) is 2. The van der Waals surface area contributed by atoms with Crippen molar-refractivity contribution in [3.8, 4) is 0 Å². The molecule has 1 amide bonds. The molecule has 1 heterocycles. The van der Waals surface area contributed by atoms with Crippen LogP contribution >= 0.6 is 0 Å². The number of amides is 1. The van der Waals surface area contributed by atoms with Gasteiger partial charge in [-0.1, -0.05) is 12.1 Å². The van der Waals surface area contributed by atoms with Crippen LogP contribution in [0.1, 0.15) is 41.1 Å². The number of esters is 1. The average Bonchev–Trinajstić information content (AvgIpc) is 2.76. The van der Waals surface area contributed by atoms with Gasteiger partial charge in [0.2, 0.25) is 6.29 Å². The van der Waals surface area contributed by atoms with Crippen LogP contribution in [-0.4, -0.2) is 63.9 Å². The predicted octanol–water partition coefficient (Wildman–Crippen LogP) is 1.74. The molecule has 0 aromatic heterocycles. The molecule has 2 rings (SSSR count). The van der Waals surface area contributed by atoms with E-state index in [0.717, 1.165) is 5.56 Å². The first kappa shape index (κ1) is 22.9. The van der Waals surface area contributed by atoms with Crippen molar-refractivity contribution in [3.63, 3.8) is 0 Å². The molecule has 0 bridgehead atoms. The second kappa shape index (κ2) is 12.2. The standard InChI is InChI=1S/C21H29NO7/c1-26-12-9-22-20(24)18-13-17(14-19(29-18)28-11-4-3-10-23)15-5-7-16(8-6-15)21(25)27-2/h5-8,13,17,19,23H,3-4,9-12,14H2,1-2H3,(H,22,24)/t17-,19+/m1/s1. The van der Waals surface area contributed by atoms with E-state index in [0.29, 0.717) is 44.6 Å². The highest BCUT2D eigenvalue weighted by Gasteiger charge is 2.28. The Morgan fingerprint density at radius 3 is 2.59 bits per heavy atom. The first-order valence-electron chi connectivity index (χ1n) is 9.65. The fourth-order valence-electron chi connectivity index (χ4n) is 2.92. The lowest BCUT2D eigenvalue weighted by Gasteiger charge is -2.29. The Bertz CT molecular complexity index is 687. The van der Waals surface area contributed by atoms with E-state index in [1.807, 2.05) is 12.1 Å². The van der Waals surface area contributed by atoms with Crippen LogP contribution in [0.25, 0.3) is 0 Å². The molecule has 1 aliphatic rings. The monoisotopic (exact) mass is 407 g/mol. The fourth-order valence-corrected chi connectivity index (χ4v) is 2.92. The second-order valence-electron chi connectivity index (χ2n) is 6.58. The van der Waals surface area contributed by atoms with Gasteiger partial charge < -0.3 is 29.4 Å². The number of unbranched alkanes of at least 4 members (excludes halogenated alkanes) is 1. The van der Waals surface area contributed by atoms with Crippen LogP contribution in [-0.2, 0) is 23.7 Å². The Balaban J connectivity index is 2.12. The molecule has 29 heavy (non-hydrogen) atoms. The molecule has 1 aromatic rings. The van der Waals surface area contributed by atoms with E-state index >= 15 is 0 Å². The largest absolute Gasteiger partial charge is 0.465 e. The zero-order valence-electron chi connectivity index (χ0n) is 16.9. The van der Waals surface area contributed by atoms with E-state index in [9.17, 15) is 9.59 Å². The van der Waals surface area contributed by atoms with E-state index in [-0.39, 0.29) is 24.2 Å². The summed E-state index contributed by atoms with van der Waals surface area (Å²) >= 11 is 0. The molecule has 8 nitrogen and oxygen atoms in total. The van der Waals surface area contributed by atoms with Gasteiger partial charge in [0.15, 0.2) is 5.76 Å². The molecule has 2 N–H and O–H groups in total. The third kappa shape index (κ3) is 7.16. The zero-order valence-corrected chi connectivity index (χ0v) is 16.9. The smallest absolute Gasteiger partial charge is 0.337 e. The normalized spacial score (nSPS) is 18.5. The number of methoxy groups -OCH3 is 2. The average molecular weight is 407 g/mol. The maximum atomic E-state index is 12.4. The summed E-state index contributed by atoms with van der Waals surface area (Å²) < 4.78 is 21.2. The van der Waals surface area contributed by atoms with E-state index in [1.54, 1.807) is 25.3 Å². The summed E-state index contributed by atoms with van der Waals surface area (Å²) in [5.74, 6) is -0.646. The minimum Gasteiger partial charge on any atom is -0.465 e. The van der Waals surface area contributed by atoms with Crippen molar-refractivity contribution >= 4 is 11.9 Å². The molecule has 0 radical (unpaired) electrons. The SMILES string of the molecule is COCCNC(=O)C1=C[C@@H](c2ccc(C(=O)OC)cc2)C[C@@H](OCCCCO)O1. The Morgan fingerprint density at radius 2 is 1.93 bits per heavy atom. The molecule has 0 saturated carbocycles. The summed E-state index contributed by atoms with van der Waals surface area (Å²) in [6.07, 6.45) is 3.07. The Kier molecular flexibility index (Phi) is 9.63. The highest BCUT2D eigenvalue weighted by atomic mass is 16.7. The summed E-state index contributed by atoms with van der Waals surface area (Å²) in [5.41, 5.74) is 1.40. The Labute approximate surface area is 170 Å². The van der Waals surface area contributed by atoms with Gasteiger partial charge in [-0.2, -0.15) is 0 Å². The quantitative estimate of drug-likeness (QED) is 0.425. The summed E-state index contributed by atoms with van der Waals surface area (Å²) in [6.45, 7) is 1.31. The number of rotatable bonds is 11. The topological polar surface area (TPSA) is 103 Å². The first-order chi connectivity index (χ1) is 14.1. The zero-order chi connectivity index (χ0) is 21.1. The molecule has 0 saturated heterocycles. The summed E-state index contributed by atoms with van der Waals surface area (Å²) in [7, 11) is 2.90. The van der Waals surface area contributed by atoms with Crippen molar-refractivity contribution in [2.24, 2.45) is 0 Å². The molecule has 1 aromatic carbocycles. The predicted molar refractivity (Wildman–Crippen MR) is 105 cm³/mol. The lowest BCUT2D eigenvalue weighted by molar-refractivity contribution is -0.146. The molecule has 8 heteroatoms. The van der Waals surface area contributed by atoms with Crippen LogP contribution in [0, 0.1) is 0 Å². The van der Waals surface area contributed by atoms with E-state index in [2.05, 4.69) is 5.32 Å². The van der Waals surface area contributed by atoms with Crippen molar-refractivity contribution < 1.29 is 33.6 Å². The van der Waals surface area contributed by atoms with E-state index < -0.39 is 12.3 Å². The lowest BCUT2D eigenvalue weighted by atomic mass is 9.92. The third-order valence-electron chi connectivity index (χ3n) is 4.49. The number of allylic oxidation sites excluding steroid dienone is 1. The Morgan fingerprint density at radius 1 is 1.17 bits per heavy atom. The molecule has 1 aliphatic heterocycles. The summed E-state index contributed by atoms with van der Waals surface area (Å²) in [6, 6.07) is 7.06. The van der Waals surface area contributed by atoms with Crippen molar-refractivity contribution in [2.45, 2.75) is 31.5 Å². The van der Waals surface area contributed by atoms with Crippen molar-refractivity contribution in [1.29, 1.82) is 0 Å². The first-order valence-corrected chi connectivity index (χ1v) is 9.65. The fraction of sp³-hybridized carbons (Fsp3) is 0.524. The van der Waals surface area contributed by atoms with Crippen LogP contribution < -0.4 is 5.32 Å². The van der Waals surface area contributed by atoms with Gasteiger partial charge in [-0.25, -0.2) is 4.79 Å². The number of nitrogens with one attached hydrogen (secondary N) is 1. The van der Waals surface area contributed by atoms with E-state index in [1.165, 1.54) is 7.11 Å². The second-order valence-corrected chi connectivity index (χ2v) is 6.58. The number of benzene rings is 1. The van der Waals surface area contributed by atoms with Crippen LogP contribution in [0.3, 0.4) is 0 Å². The number of carbonyl (C=O) groups excluding carboxylic acids is 2. The molecule has 0 unspecified atom stereocenters. The molecule has 0 fully saturated rings. The summed E-state index contributed by atoms with van der Waals surface area (Å²) in [4.78, 5) is 24.1. The minimum absolute atomic E-state index is 0.108. The summed E-state index contributed by atoms with van der Waals surface area (Å²) in [5, 5.41) is 11.6. The maximum Gasteiger partial charge on any atom is 0.337 e. The molecular weight excluding hydrogens is 378 g/mol. The van der Waals surface area contributed by atoms with Crippen molar-refractivity contribution in [2.75, 3.05) is 40.6 Å². The molecular formula is C21H29NO7. The van der Waals surface area contributed by atoms with Crippen molar-refractivity contribution in [3.05, 3.63) is 47.2 Å². The molecule has 0 aliphatic carbocycles. The van der Waals surface area contributed by atoms with Crippen LogP contribution in [0.15, 0.2) is 36.1 Å². The third-order valence-corrected chi connectivity index (χ3v) is 4.49. The lowest BCUT2D eigenvalue weighted by Crippen LogP contribution is -2.34. The van der Waals surface area contributed by atoms with Gasteiger partial charge in [0.25, 0.3) is 5.91 Å². The van der Waals surface area contributed by atoms with Gasteiger partial charge in [0.1, 0.15) is 0 Å². The Hall–Kier alpha value is -2.42. The number of hydrogen-bond acceptors (Lipinski definition) is 7. The van der Waals surface area contributed by atoms with Crippen LogP contribution in [0.2, 0.25) is 0 Å². The molecule has 2 atom stereocenters. The van der Waals surface area contributed by atoms with Crippen LogP contribution in [0.4, 0.5) is 0 Å². The van der Waals surface area contributed by atoms with Gasteiger partial charge >= 0.3 is 5.97 Å². The number of ether oxygens (including phenoxy) is 4. The van der Waals surface area contributed by atoms with Gasteiger partial charge in [-0.15, -0.1) is 0 Å². The van der Waals surface area contributed by atoms with E-state index in [4.69, 9.17) is 24.1 Å².